The van der Waals surface area contributed by atoms with Crippen molar-refractivity contribution in [2.75, 3.05) is 25.6 Å². The summed E-state index contributed by atoms with van der Waals surface area (Å²) in [4.78, 5) is 14.7. The van der Waals surface area contributed by atoms with E-state index in [9.17, 15) is 4.79 Å². The van der Waals surface area contributed by atoms with Gasteiger partial charge < -0.3 is 15.0 Å². The van der Waals surface area contributed by atoms with E-state index in [4.69, 9.17) is 4.74 Å². The van der Waals surface area contributed by atoms with Crippen LogP contribution in [0.2, 0.25) is 0 Å². The van der Waals surface area contributed by atoms with E-state index in [1.807, 2.05) is 41.3 Å². The molecule has 114 valence electrons. The van der Waals surface area contributed by atoms with Gasteiger partial charge in [-0.1, -0.05) is 36.4 Å². The molecule has 0 radical (unpaired) electrons. The number of amides is 1. The summed E-state index contributed by atoms with van der Waals surface area (Å²) in [5.41, 5.74) is 3.87. The van der Waals surface area contributed by atoms with Gasteiger partial charge in [0.05, 0.1) is 12.2 Å². The van der Waals surface area contributed by atoms with Crippen LogP contribution in [0.15, 0.2) is 48.5 Å². The maximum atomic E-state index is 12.8. The zero-order valence-corrected chi connectivity index (χ0v) is 12.9. The van der Waals surface area contributed by atoms with Gasteiger partial charge in [-0.25, -0.2) is 0 Å². The van der Waals surface area contributed by atoms with E-state index >= 15 is 0 Å². The number of fused-ring (bicyclic) bond motifs is 1. The number of rotatable bonds is 4. The average Bonchev–Trinajstić information content (AvgIpc) is 2.54. The minimum Gasteiger partial charge on any atom is -0.383 e. The summed E-state index contributed by atoms with van der Waals surface area (Å²) in [5.74, 6) is 0.0413. The zero-order chi connectivity index (χ0) is 15.5. The third-order valence-corrected chi connectivity index (χ3v) is 4.04. The van der Waals surface area contributed by atoms with Gasteiger partial charge in [0.2, 0.25) is 0 Å². The predicted octanol–water partition coefficient (Wildman–Crippen LogP) is 3.21. The van der Waals surface area contributed by atoms with Crippen molar-refractivity contribution in [3.8, 4) is 0 Å². The van der Waals surface area contributed by atoms with Crippen molar-refractivity contribution in [1.82, 2.24) is 4.90 Å². The van der Waals surface area contributed by atoms with Crippen LogP contribution in [-0.4, -0.2) is 31.1 Å². The Morgan fingerprint density at radius 2 is 1.86 bits per heavy atom. The Kier molecular flexibility index (Phi) is 4.11. The van der Waals surface area contributed by atoms with Gasteiger partial charge in [0.1, 0.15) is 6.17 Å². The summed E-state index contributed by atoms with van der Waals surface area (Å²) in [6, 6.07) is 15.8. The maximum Gasteiger partial charge on any atom is 0.257 e. The molecular weight excluding hydrogens is 276 g/mol. The molecule has 1 heterocycles. The van der Waals surface area contributed by atoms with E-state index in [2.05, 4.69) is 24.4 Å². The lowest BCUT2D eigenvalue weighted by molar-refractivity contribution is 0.0609. The molecule has 1 atom stereocenters. The van der Waals surface area contributed by atoms with Crippen LogP contribution in [0.1, 0.15) is 27.7 Å². The number of nitrogens with one attached hydrogen (secondary N) is 1. The summed E-state index contributed by atoms with van der Waals surface area (Å²) in [6.45, 7) is 3.13. The Morgan fingerprint density at radius 1 is 1.14 bits per heavy atom. The second kappa shape index (κ2) is 6.20. The molecule has 1 aliphatic rings. The number of carbonyl (C=O) groups is 1. The molecule has 0 aliphatic carbocycles. The minimum absolute atomic E-state index is 0.0413. The lowest BCUT2D eigenvalue weighted by Crippen LogP contribution is -2.44. The van der Waals surface area contributed by atoms with Crippen LogP contribution in [0.4, 0.5) is 5.69 Å². The van der Waals surface area contributed by atoms with Crippen molar-refractivity contribution in [1.29, 1.82) is 0 Å². The summed E-state index contributed by atoms with van der Waals surface area (Å²) in [7, 11) is 1.65. The van der Waals surface area contributed by atoms with Crippen LogP contribution in [-0.2, 0) is 4.74 Å². The Balaban J connectivity index is 2.03. The molecule has 0 aromatic heterocycles. The zero-order valence-electron chi connectivity index (χ0n) is 12.9. The van der Waals surface area contributed by atoms with Gasteiger partial charge in [-0.05, 0) is 30.2 Å². The van der Waals surface area contributed by atoms with Crippen molar-refractivity contribution in [3.63, 3.8) is 0 Å². The lowest BCUT2D eigenvalue weighted by atomic mass is 10.0. The number of hydrogen-bond donors (Lipinski definition) is 1. The highest BCUT2D eigenvalue weighted by atomic mass is 16.5. The number of anilines is 1. The number of hydrogen-bond acceptors (Lipinski definition) is 3. The molecule has 0 fully saturated rings. The monoisotopic (exact) mass is 296 g/mol. The Labute approximate surface area is 130 Å². The number of ether oxygens (including phenoxy) is 1. The highest BCUT2D eigenvalue weighted by Gasteiger charge is 2.32. The molecule has 1 amide bonds. The van der Waals surface area contributed by atoms with Gasteiger partial charge in [0.15, 0.2) is 0 Å². The molecule has 1 aliphatic heterocycles. The first-order valence-corrected chi connectivity index (χ1v) is 7.43. The number of benzene rings is 2. The fraction of sp³-hybridized carbons (Fsp3) is 0.278. The molecular formula is C18H20N2O2. The van der Waals surface area contributed by atoms with Crippen LogP contribution in [0.25, 0.3) is 0 Å². The second-order valence-electron chi connectivity index (χ2n) is 5.44. The summed E-state index contributed by atoms with van der Waals surface area (Å²) in [5, 5.41) is 3.49. The highest BCUT2D eigenvalue weighted by molar-refractivity contribution is 6.01. The largest absolute Gasteiger partial charge is 0.383 e. The van der Waals surface area contributed by atoms with E-state index in [0.29, 0.717) is 18.7 Å². The van der Waals surface area contributed by atoms with Crippen LogP contribution >= 0.6 is 0 Å². The molecule has 0 saturated heterocycles. The Morgan fingerprint density at radius 3 is 2.64 bits per heavy atom. The second-order valence-corrected chi connectivity index (χ2v) is 5.44. The van der Waals surface area contributed by atoms with E-state index in [1.54, 1.807) is 7.11 Å². The van der Waals surface area contributed by atoms with E-state index < -0.39 is 0 Å². The van der Waals surface area contributed by atoms with Gasteiger partial charge in [-0.2, -0.15) is 0 Å². The number of nitrogens with zero attached hydrogens (tertiary/aromatic N) is 1. The van der Waals surface area contributed by atoms with Crippen LogP contribution in [0, 0.1) is 6.92 Å². The quantitative estimate of drug-likeness (QED) is 0.942. The van der Waals surface area contributed by atoms with Crippen molar-refractivity contribution in [3.05, 3.63) is 65.2 Å². The summed E-state index contributed by atoms with van der Waals surface area (Å²) < 4.78 is 5.17. The normalized spacial score (nSPS) is 17.1. The fourth-order valence-electron chi connectivity index (χ4n) is 2.85. The van der Waals surface area contributed by atoms with Gasteiger partial charge >= 0.3 is 0 Å². The molecule has 2 aromatic rings. The van der Waals surface area contributed by atoms with Crippen LogP contribution < -0.4 is 5.32 Å². The van der Waals surface area contributed by atoms with Crippen molar-refractivity contribution < 1.29 is 9.53 Å². The molecule has 0 saturated carbocycles. The first kappa shape index (κ1) is 14.6. The average molecular weight is 296 g/mol. The van der Waals surface area contributed by atoms with E-state index in [1.165, 1.54) is 0 Å². The number of aryl methyl sites for hydroxylation is 1. The minimum atomic E-state index is -0.168. The Hall–Kier alpha value is -2.33. The summed E-state index contributed by atoms with van der Waals surface area (Å²) in [6.07, 6.45) is -0.168. The molecule has 4 heteroatoms. The Bertz CT molecular complexity index is 684. The van der Waals surface area contributed by atoms with Crippen molar-refractivity contribution in [2.24, 2.45) is 0 Å². The van der Waals surface area contributed by atoms with Crippen molar-refractivity contribution in [2.45, 2.75) is 13.1 Å². The molecule has 3 rings (SSSR count). The molecule has 4 nitrogen and oxygen atoms in total. The van der Waals surface area contributed by atoms with E-state index in [-0.39, 0.29) is 12.1 Å². The van der Waals surface area contributed by atoms with Gasteiger partial charge in [-0.15, -0.1) is 0 Å². The number of para-hydroxylation sites is 1. The SMILES string of the molecule is COCCN1C(=O)c2ccccc2N[C@H]1c1ccccc1C. The molecule has 0 spiro atoms. The van der Waals surface area contributed by atoms with E-state index in [0.717, 1.165) is 16.8 Å². The number of carbonyl (C=O) groups excluding carboxylic acids is 1. The molecule has 22 heavy (non-hydrogen) atoms. The third-order valence-electron chi connectivity index (χ3n) is 4.04. The fourth-order valence-corrected chi connectivity index (χ4v) is 2.85. The van der Waals surface area contributed by atoms with Crippen LogP contribution in [0.3, 0.4) is 0 Å². The smallest absolute Gasteiger partial charge is 0.257 e. The van der Waals surface area contributed by atoms with Crippen molar-refractivity contribution >= 4 is 11.6 Å². The molecule has 0 bridgehead atoms. The standard InChI is InChI=1S/C18H20N2O2/c1-13-7-3-4-8-14(13)17-19-16-10-6-5-9-15(16)18(21)20(17)11-12-22-2/h3-10,17,19H,11-12H2,1-2H3/t17-/m1/s1. The number of methoxy groups -OCH3 is 1. The van der Waals surface area contributed by atoms with Gasteiger partial charge in [0.25, 0.3) is 5.91 Å². The van der Waals surface area contributed by atoms with Gasteiger partial charge in [-0.3, -0.25) is 4.79 Å². The predicted molar refractivity (Wildman–Crippen MR) is 86.9 cm³/mol. The van der Waals surface area contributed by atoms with Gasteiger partial charge in [0, 0.05) is 19.3 Å². The lowest BCUT2D eigenvalue weighted by Gasteiger charge is -2.38. The first-order valence-electron chi connectivity index (χ1n) is 7.43. The molecule has 0 unspecified atom stereocenters. The van der Waals surface area contributed by atoms with Crippen LogP contribution in [0.5, 0.6) is 0 Å². The molecule has 1 N–H and O–H groups in total. The highest BCUT2D eigenvalue weighted by Crippen LogP contribution is 2.33. The molecule has 2 aromatic carbocycles. The maximum absolute atomic E-state index is 12.8. The topological polar surface area (TPSA) is 41.6 Å². The first-order chi connectivity index (χ1) is 10.7. The third kappa shape index (κ3) is 2.57. The summed E-state index contributed by atoms with van der Waals surface area (Å²) >= 11 is 0.